The van der Waals surface area contributed by atoms with Crippen LogP contribution in [0.4, 0.5) is 0 Å². The number of hydrogen-bond donors (Lipinski definition) is 1. The van der Waals surface area contributed by atoms with Crippen molar-refractivity contribution in [3.8, 4) is 34.8 Å². The number of aliphatic hydroxyl groups excluding tert-OH is 1. The van der Waals surface area contributed by atoms with Gasteiger partial charge in [0, 0.05) is 48.4 Å². The van der Waals surface area contributed by atoms with Crippen LogP contribution in [0.2, 0.25) is 0 Å². The maximum Gasteiger partial charge on any atom is 0.308 e. The zero-order valence-corrected chi connectivity index (χ0v) is 24.1. The molecule has 0 aliphatic carbocycles. The van der Waals surface area contributed by atoms with Gasteiger partial charge in [-0.15, -0.1) is 0 Å². The number of benzene rings is 2. The molecule has 4 heterocycles. The lowest BCUT2D eigenvalue weighted by Gasteiger charge is -2.59. The Morgan fingerprint density at radius 3 is 2.54 bits per heavy atom. The van der Waals surface area contributed by atoms with Gasteiger partial charge >= 0.3 is 5.97 Å². The molecule has 4 aliphatic rings. The summed E-state index contributed by atoms with van der Waals surface area (Å²) < 4.78 is 34.9. The molecule has 11 nitrogen and oxygen atoms in total. The van der Waals surface area contributed by atoms with Gasteiger partial charge in [-0.05, 0) is 44.9 Å². The third-order valence-electron chi connectivity index (χ3n) is 8.99. The molecule has 0 amide bonds. The first-order valence-electron chi connectivity index (χ1n) is 13.7. The number of methoxy groups -OCH3 is 2. The smallest absolute Gasteiger partial charge is 0.308 e. The predicted octanol–water partition coefficient (Wildman–Crippen LogP) is 2.71. The molecule has 0 saturated carbocycles. The SMILES string of the molecule is COCOc1c(OC)c(C)cc2c1[C@@H]1[C@@H]3Cc4c(OC(C)=O)c(C)c5c(c4[C@H](CO)N3[C@@H](C#N)C(C2)N1C)OCO5. The van der Waals surface area contributed by atoms with Crippen molar-refractivity contribution in [3.63, 3.8) is 0 Å². The fraction of sp³-hybridized carbons (Fsp3) is 0.533. The largest absolute Gasteiger partial charge is 0.493 e. The van der Waals surface area contributed by atoms with Crippen molar-refractivity contribution >= 4 is 5.97 Å². The van der Waals surface area contributed by atoms with Crippen LogP contribution < -0.4 is 23.7 Å². The highest BCUT2D eigenvalue weighted by Gasteiger charge is 2.56. The highest BCUT2D eigenvalue weighted by Crippen LogP contribution is 2.58. The highest BCUT2D eigenvalue weighted by molar-refractivity contribution is 5.74. The van der Waals surface area contributed by atoms with E-state index in [-0.39, 0.29) is 38.3 Å². The van der Waals surface area contributed by atoms with E-state index in [9.17, 15) is 15.2 Å². The molecule has 6 rings (SSSR count). The molecule has 1 N–H and O–H groups in total. The molecular formula is C30H35N3O8. The molecule has 11 heteroatoms. The fourth-order valence-corrected chi connectivity index (χ4v) is 7.53. The van der Waals surface area contributed by atoms with E-state index in [1.807, 2.05) is 20.9 Å². The maximum atomic E-state index is 12.3. The van der Waals surface area contributed by atoms with E-state index < -0.39 is 18.1 Å². The number of esters is 1. The average Bonchev–Trinajstić information content (AvgIpc) is 3.43. The molecule has 1 fully saturated rings. The summed E-state index contributed by atoms with van der Waals surface area (Å²) in [5, 5.41) is 21.5. The van der Waals surface area contributed by atoms with Gasteiger partial charge in [0.15, 0.2) is 29.8 Å². The normalized spacial score (nSPS) is 26.0. The number of aliphatic hydroxyl groups is 1. The minimum absolute atomic E-state index is 0.0239. The van der Waals surface area contributed by atoms with Gasteiger partial charge in [0.1, 0.15) is 11.8 Å². The summed E-state index contributed by atoms with van der Waals surface area (Å²) in [7, 11) is 5.23. The Morgan fingerprint density at radius 2 is 1.88 bits per heavy atom. The minimum Gasteiger partial charge on any atom is -0.493 e. The van der Waals surface area contributed by atoms with E-state index >= 15 is 0 Å². The molecule has 5 atom stereocenters. The summed E-state index contributed by atoms with van der Waals surface area (Å²) in [6.45, 7) is 4.99. The van der Waals surface area contributed by atoms with Gasteiger partial charge in [-0.1, -0.05) is 6.07 Å². The first kappa shape index (κ1) is 27.6. The van der Waals surface area contributed by atoms with E-state index in [4.69, 9.17) is 28.4 Å². The number of aryl methyl sites for hydroxylation is 1. The zero-order valence-electron chi connectivity index (χ0n) is 24.1. The average molecular weight is 566 g/mol. The molecular weight excluding hydrogens is 530 g/mol. The van der Waals surface area contributed by atoms with Crippen LogP contribution in [0.5, 0.6) is 28.7 Å². The van der Waals surface area contributed by atoms with Crippen LogP contribution in [0.25, 0.3) is 0 Å². The van der Waals surface area contributed by atoms with E-state index in [1.165, 1.54) is 6.92 Å². The summed E-state index contributed by atoms with van der Waals surface area (Å²) >= 11 is 0. The van der Waals surface area contributed by atoms with Crippen LogP contribution in [0.3, 0.4) is 0 Å². The summed E-state index contributed by atoms with van der Waals surface area (Å²) in [5.74, 6) is 2.25. The summed E-state index contributed by atoms with van der Waals surface area (Å²) in [5.41, 5.74) is 5.15. The third kappa shape index (κ3) is 3.96. The Bertz CT molecular complexity index is 1450. The first-order valence-corrected chi connectivity index (χ1v) is 13.7. The Kier molecular flexibility index (Phi) is 6.98. The number of carbonyl (C=O) groups excluding carboxylic acids is 1. The maximum absolute atomic E-state index is 12.3. The Labute approximate surface area is 239 Å². The fourth-order valence-electron chi connectivity index (χ4n) is 7.53. The van der Waals surface area contributed by atoms with Gasteiger partial charge in [-0.2, -0.15) is 5.26 Å². The summed E-state index contributed by atoms with van der Waals surface area (Å²) in [4.78, 5) is 16.6. The number of ether oxygens (including phenoxy) is 6. The van der Waals surface area contributed by atoms with Crippen LogP contribution in [-0.4, -0.2) is 80.5 Å². The molecule has 41 heavy (non-hydrogen) atoms. The van der Waals surface area contributed by atoms with Crippen LogP contribution in [0.15, 0.2) is 6.07 Å². The number of nitrogens with zero attached hydrogens (tertiary/aromatic N) is 3. The second-order valence-corrected chi connectivity index (χ2v) is 11.1. The second-order valence-electron chi connectivity index (χ2n) is 11.1. The van der Waals surface area contributed by atoms with Gasteiger partial charge in [-0.25, -0.2) is 0 Å². The van der Waals surface area contributed by atoms with Crippen LogP contribution in [-0.2, 0) is 22.4 Å². The predicted molar refractivity (Wildman–Crippen MR) is 145 cm³/mol. The van der Waals surface area contributed by atoms with Gasteiger partial charge in [0.25, 0.3) is 0 Å². The number of likely N-dealkylation sites (N-methyl/N-ethyl adjacent to an activating group) is 1. The lowest BCUT2D eigenvalue weighted by Crippen LogP contribution is -2.68. The number of fused-ring (bicyclic) bond motifs is 9. The lowest BCUT2D eigenvalue weighted by atomic mass is 9.71. The van der Waals surface area contributed by atoms with Crippen LogP contribution >= 0.6 is 0 Å². The van der Waals surface area contributed by atoms with Crippen LogP contribution in [0, 0.1) is 25.2 Å². The summed E-state index contributed by atoms with van der Waals surface area (Å²) in [6.07, 6.45) is 1.05. The van der Waals surface area contributed by atoms with E-state index in [2.05, 4.69) is 21.9 Å². The van der Waals surface area contributed by atoms with Crippen LogP contribution in [0.1, 0.15) is 52.4 Å². The second kappa shape index (κ2) is 10.4. The molecule has 2 bridgehead atoms. The molecule has 0 spiro atoms. The molecule has 2 aromatic rings. The Hall–Kier alpha value is -3.56. The molecule has 2 aromatic carbocycles. The molecule has 0 aromatic heterocycles. The Morgan fingerprint density at radius 1 is 1.12 bits per heavy atom. The quantitative estimate of drug-likeness (QED) is 0.316. The Balaban J connectivity index is 1.61. The number of piperazine rings is 1. The first-order chi connectivity index (χ1) is 19.8. The zero-order chi connectivity index (χ0) is 29.2. The van der Waals surface area contributed by atoms with Crippen molar-refractivity contribution < 1.29 is 38.3 Å². The standard InChI is InChI=1S/C30H35N3O8/c1-14-7-17-8-19-21(10-31)33-20(25(32(19)4)23(17)29(26(14)37-6)38-12-36-5)9-18-24(22(33)11-34)30-28(39-13-40-30)15(2)27(18)41-16(3)35/h7,19-22,25,34H,8-9,11-13H2,1-6H3/t19?,20-,21-,22-,25-/m0/s1. The third-order valence-corrected chi connectivity index (χ3v) is 8.99. The van der Waals surface area contributed by atoms with Crippen molar-refractivity contribution in [1.82, 2.24) is 9.80 Å². The van der Waals surface area contributed by atoms with Gasteiger partial charge in [0.2, 0.25) is 6.79 Å². The highest BCUT2D eigenvalue weighted by atomic mass is 16.7. The molecule has 1 unspecified atom stereocenters. The summed E-state index contributed by atoms with van der Waals surface area (Å²) in [6, 6.07) is 2.92. The van der Waals surface area contributed by atoms with E-state index in [0.29, 0.717) is 52.7 Å². The topological polar surface area (TPSA) is 123 Å². The van der Waals surface area contributed by atoms with Crippen molar-refractivity contribution in [1.29, 1.82) is 5.26 Å². The number of nitriles is 1. The van der Waals surface area contributed by atoms with Gasteiger partial charge in [-0.3, -0.25) is 14.6 Å². The van der Waals surface area contributed by atoms with Crippen molar-refractivity contribution in [2.45, 2.75) is 63.8 Å². The molecule has 218 valence electrons. The number of hydrogen-bond acceptors (Lipinski definition) is 11. The van der Waals surface area contributed by atoms with E-state index in [0.717, 1.165) is 22.3 Å². The molecule has 1 saturated heterocycles. The number of rotatable bonds is 6. The molecule has 4 aliphatic heterocycles. The van der Waals surface area contributed by atoms with Crippen molar-refractivity contribution in [2.24, 2.45) is 0 Å². The van der Waals surface area contributed by atoms with Gasteiger partial charge in [0.05, 0.1) is 31.9 Å². The monoisotopic (exact) mass is 565 g/mol. The molecule has 0 radical (unpaired) electrons. The van der Waals surface area contributed by atoms with E-state index in [1.54, 1.807) is 14.2 Å². The lowest BCUT2D eigenvalue weighted by molar-refractivity contribution is -0.132. The van der Waals surface area contributed by atoms with Gasteiger partial charge < -0.3 is 33.5 Å². The van der Waals surface area contributed by atoms with Crippen molar-refractivity contribution in [2.75, 3.05) is 41.5 Å². The minimum atomic E-state index is -0.588. The van der Waals surface area contributed by atoms with Crippen molar-refractivity contribution in [3.05, 3.63) is 39.4 Å². The number of carbonyl (C=O) groups is 1.